The molecule has 0 saturated carbocycles. The molecule has 0 fully saturated rings. The predicted molar refractivity (Wildman–Crippen MR) is 54.0 cm³/mol. The van der Waals surface area contributed by atoms with E-state index >= 15 is 0 Å². The van der Waals surface area contributed by atoms with Crippen molar-refractivity contribution in [2.75, 3.05) is 6.61 Å². The molecule has 3 heteroatoms. The lowest BCUT2D eigenvalue weighted by Crippen LogP contribution is -2.22. The standard InChI is InChI=1S/C11H15NO2/c1-3-14-9(2)11(13)7-10-5-4-6-12-8-10/h4-6,8-9H,3,7H2,1-2H3. The van der Waals surface area contributed by atoms with Crippen LogP contribution in [0.15, 0.2) is 24.5 Å². The summed E-state index contributed by atoms with van der Waals surface area (Å²) in [5, 5.41) is 0. The van der Waals surface area contributed by atoms with Gasteiger partial charge in [-0.05, 0) is 25.5 Å². The molecular formula is C11H15NO2. The van der Waals surface area contributed by atoms with Gasteiger partial charge in [0.15, 0.2) is 5.78 Å². The van der Waals surface area contributed by atoms with Gasteiger partial charge in [-0.25, -0.2) is 0 Å². The highest BCUT2D eigenvalue weighted by Crippen LogP contribution is 2.02. The van der Waals surface area contributed by atoms with Crippen molar-refractivity contribution in [1.82, 2.24) is 4.98 Å². The molecule has 1 rings (SSSR count). The maximum Gasteiger partial charge on any atom is 0.165 e. The Morgan fingerprint density at radius 2 is 2.43 bits per heavy atom. The molecule has 0 amide bonds. The number of rotatable bonds is 5. The molecule has 1 heterocycles. The van der Waals surface area contributed by atoms with Crippen LogP contribution in [0.4, 0.5) is 0 Å². The van der Waals surface area contributed by atoms with Crippen LogP contribution < -0.4 is 0 Å². The van der Waals surface area contributed by atoms with Gasteiger partial charge in [-0.3, -0.25) is 9.78 Å². The smallest absolute Gasteiger partial charge is 0.165 e. The SMILES string of the molecule is CCOC(C)C(=O)Cc1cccnc1. The quantitative estimate of drug-likeness (QED) is 0.713. The molecule has 1 atom stereocenters. The molecule has 1 aromatic heterocycles. The molecule has 0 aliphatic carbocycles. The lowest BCUT2D eigenvalue weighted by atomic mass is 10.1. The van der Waals surface area contributed by atoms with Gasteiger partial charge in [0.1, 0.15) is 6.10 Å². The first kappa shape index (κ1) is 10.9. The third-order valence-corrected chi connectivity index (χ3v) is 1.97. The van der Waals surface area contributed by atoms with Gasteiger partial charge >= 0.3 is 0 Å². The monoisotopic (exact) mass is 193 g/mol. The van der Waals surface area contributed by atoms with Gasteiger partial charge in [0, 0.05) is 25.4 Å². The van der Waals surface area contributed by atoms with Crippen molar-refractivity contribution in [3.8, 4) is 0 Å². The Bertz CT molecular complexity index is 285. The van der Waals surface area contributed by atoms with Crippen molar-refractivity contribution in [3.05, 3.63) is 30.1 Å². The van der Waals surface area contributed by atoms with E-state index in [0.717, 1.165) is 5.56 Å². The van der Waals surface area contributed by atoms with Gasteiger partial charge < -0.3 is 4.74 Å². The molecule has 0 aromatic carbocycles. The largest absolute Gasteiger partial charge is 0.371 e. The maximum absolute atomic E-state index is 11.5. The number of aromatic nitrogens is 1. The molecular weight excluding hydrogens is 178 g/mol. The van der Waals surface area contributed by atoms with Crippen molar-refractivity contribution in [2.24, 2.45) is 0 Å². The highest BCUT2D eigenvalue weighted by atomic mass is 16.5. The van der Waals surface area contributed by atoms with E-state index in [1.807, 2.05) is 19.1 Å². The second kappa shape index (κ2) is 5.50. The maximum atomic E-state index is 11.5. The number of nitrogens with zero attached hydrogens (tertiary/aromatic N) is 1. The fourth-order valence-corrected chi connectivity index (χ4v) is 1.19. The Labute approximate surface area is 84.1 Å². The Morgan fingerprint density at radius 3 is 3.00 bits per heavy atom. The summed E-state index contributed by atoms with van der Waals surface area (Å²) in [5.74, 6) is 0.0971. The van der Waals surface area contributed by atoms with Crippen LogP contribution in [-0.2, 0) is 16.0 Å². The molecule has 0 saturated heterocycles. The fraction of sp³-hybridized carbons (Fsp3) is 0.455. The number of pyridine rings is 1. The minimum atomic E-state index is -0.319. The predicted octanol–water partition coefficient (Wildman–Crippen LogP) is 1.62. The van der Waals surface area contributed by atoms with Crippen LogP contribution in [0.25, 0.3) is 0 Å². The Morgan fingerprint density at radius 1 is 1.64 bits per heavy atom. The summed E-state index contributed by atoms with van der Waals surface area (Å²) in [5.41, 5.74) is 0.934. The number of ketones is 1. The van der Waals surface area contributed by atoms with Crippen LogP contribution in [-0.4, -0.2) is 23.5 Å². The van der Waals surface area contributed by atoms with Crippen molar-refractivity contribution < 1.29 is 9.53 Å². The minimum absolute atomic E-state index is 0.0971. The van der Waals surface area contributed by atoms with E-state index in [4.69, 9.17) is 4.74 Å². The van der Waals surface area contributed by atoms with E-state index in [2.05, 4.69) is 4.98 Å². The molecule has 14 heavy (non-hydrogen) atoms. The number of hydrogen-bond donors (Lipinski definition) is 0. The summed E-state index contributed by atoms with van der Waals surface area (Å²) in [6, 6.07) is 3.72. The van der Waals surface area contributed by atoms with Crippen LogP contribution in [0.1, 0.15) is 19.4 Å². The van der Waals surface area contributed by atoms with Crippen LogP contribution in [0.2, 0.25) is 0 Å². The third kappa shape index (κ3) is 3.26. The number of carbonyl (C=O) groups is 1. The van der Waals surface area contributed by atoms with Crippen molar-refractivity contribution >= 4 is 5.78 Å². The molecule has 0 radical (unpaired) electrons. The van der Waals surface area contributed by atoms with Gasteiger partial charge in [0.25, 0.3) is 0 Å². The molecule has 0 aliphatic rings. The average molecular weight is 193 g/mol. The van der Waals surface area contributed by atoms with E-state index in [-0.39, 0.29) is 11.9 Å². The lowest BCUT2D eigenvalue weighted by Gasteiger charge is -2.09. The molecule has 0 N–H and O–H groups in total. The second-order valence-corrected chi connectivity index (χ2v) is 3.10. The fourth-order valence-electron chi connectivity index (χ4n) is 1.19. The van der Waals surface area contributed by atoms with Crippen LogP contribution >= 0.6 is 0 Å². The summed E-state index contributed by atoms with van der Waals surface area (Å²) in [4.78, 5) is 15.5. The van der Waals surface area contributed by atoms with Gasteiger partial charge in [-0.15, -0.1) is 0 Å². The van der Waals surface area contributed by atoms with Gasteiger partial charge in [0.05, 0.1) is 0 Å². The summed E-state index contributed by atoms with van der Waals surface area (Å²) in [7, 11) is 0. The van der Waals surface area contributed by atoms with E-state index in [9.17, 15) is 4.79 Å². The third-order valence-electron chi connectivity index (χ3n) is 1.97. The Balaban J connectivity index is 2.49. The lowest BCUT2D eigenvalue weighted by molar-refractivity contribution is -0.128. The van der Waals surface area contributed by atoms with Gasteiger partial charge in [-0.2, -0.15) is 0 Å². The Kier molecular flexibility index (Phi) is 4.26. The average Bonchev–Trinajstić information content (AvgIpc) is 2.19. The highest BCUT2D eigenvalue weighted by Gasteiger charge is 2.12. The molecule has 3 nitrogen and oxygen atoms in total. The number of carbonyl (C=O) groups excluding carboxylic acids is 1. The molecule has 0 spiro atoms. The van der Waals surface area contributed by atoms with Crippen LogP contribution in [0.5, 0.6) is 0 Å². The number of ether oxygens (including phenoxy) is 1. The zero-order valence-corrected chi connectivity index (χ0v) is 8.56. The topological polar surface area (TPSA) is 39.2 Å². The van der Waals surface area contributed by atoms with E-state index in [1.165, 1.54) is 0 Å². The zero-order valence-electron chi connectivity index (χ0n) is 8.56. The number of hydrogen-bond acceptors (Lipinski definition) is 3. The van der Waals surface area contributed by atoms with E-state index in [0.29, 0.717) is 13.0 Å². The van der Waals surface area contributed by atoms with Crippen LogP contribution in [0, 0.1) is 0 Å². The summed E-state index contributed by atoms with van der Waals surface area (Å²) in [6.45, 7) is 4.23. The molecule has 76 valence electrons. The molecule has 1 aromatic rings. The molecule has 0 bridgehead atoms. The Hall–Kier alpha value is -1.22. The van der Waals surface area contributed by atoms with E-state index in [1.54, 1.807) is 19.3 Å². The van der Waals surface area contributed by atoms with Crippen molar-refractivity contribution in [2.45, 2.75) is 26.4 Å². The molecule has 1 unspecified atom stereocenters. The molecule has 0 aliphatic heterocycles. The number of Topliss-reactive ketones (excluding diaryl/α,β-unsaturated/α-hetero) is 1. The summed E-state index contributed by atoms with van der Waals surface area (Å²) < 4.78 is 5.21. The summed E-state index contributed by atoms with van der Waals surface area (Å²) in [6.07, 6.45) is 3.48. The van der Waals surface area contributed by atoms with E-state index < -0.39 is 0 Å². The highest BCUT2D eigenvalue weighted by molar-refractivity contribution is 5.84. The van der Waals surface area contributed by atoms with Crippen LogP contribution in [0.3, 0.4) is 0 Å². The normalized spacial score (nSPS) is 12.4. The first-order valence-corrected chi connectivity index (χ1v) is 4.77. The van der Waals surface area contributed by atoms with Crippen molar-refractivity contribution in [1.29, 1.82) is 0 Å². The van der Waals surface area contributed by atoms with Crippen molar-refractivity contribution in [3.63, 3.8) is 0 Å². The second-order valence-electron chi connectivity index (χ2n) is 3.10. The minimum Gasteiger partial charge on any atom is -0.371 e. The first-order chi connectivity index (χ1) is 6.74. The van der Waals surface area contributed by atoms with Gasteiger partial charge in [0.2, 0.25) is 0 Å². The first-order valence-electron chi connectivity index (χ1n) is 4.77. The summed E-state index contributed by atoms with van der Waals surface area (Å²) >= 11 is 0. The zero-order chi connectivity index (χ0) is 10.4. The van der Waals surface area contributed by atoms with Gasteiger partial charge in [-0.1, -0.05) is 6.07 Å².